The zero-order valence-electron chi connectivity index (χ0n) is 19.8. The molecule has 1 amide bonds. The summed E-state index contributed by atoms with van der Waals surface area (Å²) >= 11 is 0. The Morgan fingerprint density at radius 1 is 1.00 bits per heavy atom. The third-order valence-electron chi connectivity index (χ3n) is 6.23. The number of anilines is 1. The van der Waals surface area contributed by atoms with E-state index in [1.807, 2.05) is 73.7 Å². The van der Waals surface area contributed by atoms with Crippen molar-refractivity contribution in [2.24, 2.45) is 5.92 Å². The second kappa shape index (κ2) is 10.1. The van der Waals surface area contributed by atoms with E-state index < -0.39 is 0 Å². The van der Waals surface area contributed by atoms with Crippen LogP contribution in [0.2, 0.25) is 0 Å². The minimum absolute atomic E-state index is 0.0202. The van der Waals surface area contributed by atoms with Crippen molar-refractivity contribution in [2.45, 2.75) is 19.3 Å². The van der Waals surface area contributed by atoms with Gasteiger partial charge in [-0.2, -0.15) is 4.98 Å². The first-order valence-corrected chi connectivity index (χ1v) is 11.7. The SMILES string of the molecule is COCCOc1nc(-c2ccccc2C)n(-c2ccc(NC(=O)C3C[C@H]3c3ccccc3)cc2)n1. The van der Waals surface area contributed by atoms with Crippen LogP contribution in [-0.4, -0.2) is 41.0 Å². The smallest absolute Gasteiger partial charge is 0.336 e. The van der Waals surface area contributed by atoms with Crippen molar-refractivity contribution >= 4 is 11.6 Å². The molecule has 0 bridgehead atoms. The molecule has 5 rings (SSSR count). The molecule has 0 spiro atoms. The van der Waals surface area contributed by atoms with Crippen LogP contribution in [-0.2, 0) is 9.53 Å². The van der Waals surface area contributed by atoms with Crippen LogP contribution in [0.1, 0.15) is 23.5 Å². The zero-order chi connectivity index (χ0) is 24.2. The van der Waals surface area contributed by atoms with Crippen LogP contribution < -0.4 is 10.1 Å². The van der Waals surface area contributed by atoms with Gasteiger partial charge in [-0.3, -0.25) is 4.79 Å². The van der Waals surface area contributed by atoms with Gasteiger partial charge < -0.3 is 14.8 Å². The minimum Gasteiger partial charge on any atom is -0.460 e. The molecule has 1 N–H and O–H groups in total. The number of ether oxygens (including phenoxy) is 2. The van der Waals surface area contributed by atoms with Gasteiger partial charge in [0, 0.05) is 24.3 Å². The van der Waals surface area contributed by atoms with E-state index in [1.54, 1.807) is 11.8 Å². The fourth-order valence-corrected chi connectivity index (χ4v) is 4.22. The van der Waals surface area contributed by atoms with E-state index in [9.17, 15) is 4.79 Å². The summed E-state index contributed by atoms with van der Waals surface area (Å²) in [4.78, 5) is 17.4. The lowest BCUT2D eigenvalue weighted by atomic mass is 10.1. The second-order valence-corrected chi connectivity index (χ2v) is 8.68. The number of carbonyl (C=O) groups is 1. The molecule has 1 heterocycles. The Kier molecular flexibility index (Phi) is 6.59. The number of aryl methyl sites for hydroxylation is 1. The van der Waals surface area contributed by atoms with Crippen molar-refractivity contribution < 1.29 is 14.3 Å². The van der Waals surface area contributed by atoms with Gasteiger partial charge >= 0.3 is 6.01 Å². The third kappa shape index (κ3) is 5.10. The summed E-state index contributed by atoms with van der Waals surface area (Å²) < 4.78 is 12.5. The Morgan fingerprint density at radius 2 is 1.74 bits per heavy atom. The van der Waals surface area contributed by atoms with Gasteiger partial charge in [-0.25, -0.2) is 4.68 Å². The molecule has 1 unspecified atom stereocenters. The molecule has 0 saturated heterocycles. The summed E-state index contributed by atoms with van der Waals surface area (Å²) in [5.74, 6) is 1.07. The summed E-state index contributed by atoms with van der Waals surface area (Å²) in [6, 6.07) is 26.2. The number of methoxy groups -OCH3 is 1. The lowest BCUT2D eigenvalue weighted by Crippen LogP contribution is -2.14. The van der Waals surface area contributed by atoms with Crippen LogP contribution in [0.3, 0.4) is 0 Å². The lowest BCUT2D eigenvalue weighted by Gasteiger charge is -2.09. The fraction of sp³-hybridized carbons (Fsp3) is 0.250. The van der Waals surface area contributed by atoms with Crippen molar-refractivity contribution in [3.8, 4) is 23.1 Å². The van der Waals surface area contributed by atoms with Crippen LogP contribution in [0.4, 0.5) is 5.69 Å². The van der Waals surface area contributed by atoms with Gasteiger partial charge in [0.1, 0.15) is 6.61 Å². The molecule has 3 aromatic carbocycles. The molecule has 0 radical (unpaired) electrons. The van der Waals surface area contributed by atoms with Gasteiger partial charge in [-0.05, 0) is 54.7 Å². The number of aromatic nitrogens is 3. The van der Waals surface area contributed by atoms with E-state index in [-0.39, 0.29) is 11.8 Å². The highest BCUT2D eigenvalue weighted by Gasteiger charge is 2.43. The number of nitrogens with zero attached hydrogens (tertiary/aromatic N) is 3. The first-order chi connectivity index (χ1) is 17.1. The van der Waals surface area contributed by atoms with Gasteiger partial charge in [-0.15, -0.1) is 5.10 Å². The summed E-state index contributed by atoms with van der Waals surface area (Å²) in [6.07, 6.45) is 0.887. The number of benzene rings is 3. The van der Waals surface area contributed by atoms with Crippen LogP contribution >= 0.6 is 0 Å². The highest BCUT2D eigenvalue weighted by Crippen LogP contribution is 2.47. The van der Waals surface area contributed by atoms with Crippen molar-refractivity contribution in [2.75, 3.05) is 25.6 Å². The minimum atomic E-state index is 0.0202. The number of hydrogen-bond acceptors (Lipinski definition) is 5. The number of amides is 1. The third-order valence-corrected chi connectivity index (χ3v) is 6.23. The fourth-order valence-electron chi connectivity index (χ4n) is 4.22. The summed E-state index contributed by atoms with van der Waals surface area (Å²) in [6.45, 7) is 2.86. The average molecular weight is 469 g/mol. The number of hydrogen-bond donors (Lipinski definition) is 1. The van der Waals surface area contributed by atoms with Crippen molar-refractivity contribution in [3.63, 3.8) is 0 Å². The summed E-state index contributed by atoms with van der Waals surface area (Å²) in [5.41, 5.74) is 4.86. The second-order valence-electron chi connectivity index (χ2n) is 8.68. The van der Waals surface area contributed by atoms with E-state index in [0.717, 1.165) is 28.9 Å². The molecule has 1 saturated carbocycles. The highest BCUT2D eigenvalue weighted by atomic mass is 16.5. The molecular weight excluding hydrogens is 440 g/mol. The standard InChI is InChI=1S/C28H28N4O3/c1-19-8-6-7-11-23(19)26-30-28(35-17-16-34-2)31-32(26)22-14-12-21(13-15-22)29-27(33)25-18-24(25)20-9-4-3-5-10-20/h3-15,24-25H,16-18H2,1-2H3,(H,29,33)/t24-,25?/m0/s1. The molecule has 35 heavy (non-hydrogen) atoms. The van der Waals surface area contributed by atoms with Crippen molar-refractivity contribution in [3.05, 3.63) is 90.0 Å². The number of rotatable bonds is 9. The molecule has 1 aliphatic carbocycles. The molecule has 7 nitrogen and oxygen atoms in total. The van der Waals surface area contributed by atoms with E-state index in [1.165, 1.54) is 5.56 Å². The van der Waals surface area contributed by atoms with Crippen LogP contribution in [0.25, 0.3) is 17.1 Å². The number of carbonyl (C=O) groups excluding carboxylic acids is 1. The first kappa shape index (κ1) is 22.8. The van der Waals surface area contributed by atoms with Gasteiger partial charge in [0.15, 0.2) is 5.82 Å². The molecule has 1 fully saturated rings. The van der Waals surface area contributed by atoms with E-state index in [0.29, 0.717) is 31.0 Å². The van der Waals surface area contributed by atoms with Gasteiger partial charge in [0.25, 0.3) is 0 Å². The topological polar surface area (TPSA) is 78.3 Å². The highest BCUT2D eigenvalue weighted by molar-refractivity contribution is 5.95. The normalized spacial score (nSPS) is 16.6. The van der Waals surface area contributed by atoms with Crippen molar-refractivity contribution in [1.82, 2.24) is 14.8 Å². The number of nitrogens with one attached hydrogen (secondary N) is 1. The maximum absolute atomic E-state index is 12.8. The molecule has 1 aromatic heterocycles. The van der Waals surface area contributed by atoms with Crippen LogP contribution in [0.15, 0.2) is 78.9 Å². The Hall–Kier alpha value is -3.97. The first-order valence-electron chi connectivity index (χ1n) is 11.7. The molecule has 4 aromatic rings. The Balaban J connectivity index is 1.34. The van der Waals surface area contributed by atoms with Gasteiger partial charge in [-0.1, -0.05) is 54.6 Å². The predicted molar refractivity (Wildman–Crippen MR) is 135 cm³/mol. The molecule has 178 valence electrons. The van der Waals surface area contributed by atoms with Crippen LogP contribution in [0, 0.1) is 12.8 Å². The monoisotopic (exact) mass is 468 g/mol. The largest absolute Gasteiger partial charge is 0.460 e. The van der Waals surface area contributed by atoms with Gasteiger partial charge in [0.05, 0.1) is 12.3 Å². The van der Waals surface area contributed by atoms with E-state index in [4.69, 9.17) is 9.47 Å². The average Bonchev–Trinajstić information content (AvgIpc) is 3.59. The maximum Gasteiger partial charge on any atom is 0.336 e. The summed E-state index contributed by atoms with van der Waals surface area (Å²) in [5, 5.41) is 7.64. The Labute approximate surface area is 204 Å². The Bertz CT molecular complexity index is 1300. The van der Waals surface area contributed by atoms with Gasteiger partial charge in [0.2, 0.25) is 5.91 Å². The maximum atomic E-state index is 12.8. The van der Waals surface area contributed by atoms with Crippen LogP contribution in [0.5, 0.6) is 6.01 Å². The molecular formula is C28H28N4O3. The molecule has 2 atom stereocenters. The van der Waals surface area contributed by atoms with E-state index in [2.05, 4.69) is 27.5 Å². The predicted octanol–water partition coefficient (Wildman–Crippen LogP) is 5.01. The van der Waals surface area contributed by atoms with E-state index >= 15 is 0 Å². The molecule has 0 aliphatic heterocycles. The van der Waals surface area contributed by atoms with Crippen molar-refractivity contribution in [1.29, 1.82) is 0 Å². The lowest BCUT2D eigenvalue weighted by molar-refractivity contribution is -0.117. The Morgan fingerprint density at radius 3 is 2.49 bits per heavy atom. The summed E-state index contributed by atoms with van der Waals surface area (Å²) in [7, 11) is 1.62. The molecule has 1 aliphatic rings. The molecule has 7 heteroatoms. The quantitative estimate of drug-likeness (QED) is 0.350. The zero-order valence-corrected chi connectivity index (χ0v) is 19.8.